The van der Waals surface area contributed by atoms with Gasteiger partial charge < -0.3 is 15.0 Å². The molecule has 1 aliphatic heterocycles. The van der Waals surface area contributed by atoms with E-state index in [1.165, 1.54) is 0 Å². The highest BCUT2D eigenvalue weighted by molar-refractivity contribution is 14.1. The molecule has 0 spiro atoms. The van der Waals surface area contributed by atoms with Crippen LogP contribution in [0.25, 0.3) is 0 Å². The molecule has 2 aromatic carbocycles. The van der Waals surface area contributed by atoms with Crippen molar-refractivity contribution in [1.82, 2.24) is 0 Å². The van der Waals surface area contributed by atoms with Crippen LogP contribution in [0.4, 0.5) is 11.4 Å². The molecule has 2 aromatic rings. The fourth-order valence-corrected chi connectivity index (χ4v) is 3.29. The van der Waals surface area contributed by atoms with Gasteiger partial charge in [-0.3, -0.25) is 4.79 Å². The largest absolute Gasteiger partial charge is 0.380 e. The maximum absolute atomic E-state index is 12.2. The van der Waals surface area contributed by atoms with E-state index in [0.717, 1.165) is 34.5 Å². The van der Waals surface area contributed by atoms with Crippen molar-refractivity contribution in [3.63, 3.8) is 0 Å². The number of nitrogens with zero attached hydrogens (tertiary/aromatic N) is 1. The van der Waals surface area contributed by atoms with Crippen molar-refractivity contribution in [3.8, 4) is 0 Å². The Hall–Kier alpha value is -1.60. The number of ether oxygens (including phenoxy) is 1. The van der Waals surface area contributed by atoms with Gasteiger partial charge in [-0.05, 0) is 71.5 Å². The minimum atomic E-state index is -0.0862. The molecule has 0 radical (unpaired) electrons. The highest BCUT2D eigenvalue weighted by Crippen LogP contribution is 2.23. The van der Waals surface area contributed by atoms with E-state index in [2.05, 4.69) is 32.8 Å². The second-order valence-corrected chi connectivity index (χ2v) is 6.85. The summed E-state index contributed by atoms with van der Waals surface area (Å²) in [5.41, 5.74) is 2.64. The normalized spacial score (nSPS) is 17.3. The van der Waals surface area contributed by atoms with Gasteiger partial charge in [-0.2, -0.15) is 0 Å². The van der Waals surface area contributed by atoms with Crippen LogP contribution < -0.4 is 10.2 Å². The number of hydrogen-bond acceptors (Lipinski definition) is 3. The molecule has 1 heterocycles. The summed E-state index contributed by atoms with van der Waals surface area (Å²) in [6.45, 7) is 1.93. The van der Waals surface area contributed by atoms with E-state index in [0.29, 0.717) is 11.7 Å². The lowest BCUT2D eigenvalue weighted by Gasteiger charge is -2.18. The number of carbonyl (C=O) groups excluding carboxylic acids is 1. The van der Waals surface area contributed by atoms with E-state index in [1.807, 2.05) is 48.5 Å². The van der Waals surface area contributed by atoms with Crippen molar-refractivity contribution < 1.29 is 9.53 Å². The third-order valence-corrected chi connectivity index (χ3v) is 4.73. The molecule has 5 heteroatoms. The second-order valence-electron chi connectivity index (χ2n) is 5.60. The predicted molar refractivity (Wildman–Crippen MR) is 101 cm³/mol. The maximum Gasteiger partial charge on any atom is 0.255 e. The number of halogens is 1. The summed E-state index contributed by atoms with van der Waals surface area (Å²) in [7, 11) is 1.76. The molecule has 1 saturated heterocycles. The number of anilines is 2. The lowest BCUT2D eigenvalue weighted by Crippen LogP contribution is -2.22. The monoisotopic (exact) mass is 422 g/mol. The maximum atomic E-state index is 12.2. The molecule has 1 fully saturated rings. The molecule has 3 rings (SSSR count). The molecule has 4 nitrogen and oxygen atoms in total. The zero-order valence-electron chi connectivity index (χ0n) is 13.0. The third-order valence-electron chi connectivity index (χ3n) is 4.06. The standard InChI is InChI=1S/C18H19IN2O2/c1-23-17-9-10-21(12-17)16-7-5-15(6-8-16)20-18(22)13-3-2-4-14(19)11-13/h2-8,11,17H,9-10,12H2,1H3,(H,20,22). The van der Waals surface area contributed by atoms with Gasteiger partial charge in [0.1, 0.15) is 0 Å². The number of benzene rings is 2. The Morgan fingerprint density at radius 3 is 2.70 bits per heavy atom. The quantitative estimate of drug-likeness (QED) is 0.763. The molecule has 1 N–H and O–H groups in total. The number of carbonyl (C=O) groups is 1. The van der Waals surface area contributed by atoms with Crippen LogP contribution in [0.5, 0.6) is 0 Å². The van der Waals surface area contributed by atoms with E-state index in [4.69, 9.17) is 4.74 Å². The Balaban J connectivity index is 1.65. The van der Waals surface area contributed by atoms with Crippen molar-refractivity contribution in [2.24, 2.45) is 0 Å². The van der Waals surface area contributed by atoms with Crippen LogP contribution in [0.15, 0.2) is 48.5 Å². The third kappa shape index (κ3) is 4.03. The number of methoxy groups -OCH3 is 1. The predicted octanol–water partition coefficient (Wildman–Crippen LogP) is 3.77. The minimum absolute atomic E-state index is 0.0862. The first-order valence-electron chi connectivity index (χ1n) is 7.60. The van der Waals surface area contributed by atoms with Gasteiger partial charge >= 0.3 is 0 Å². The molecule has 0 aliphatic carbocycles. The van der Waals surface area contributed by atoms with Crippen LogP contribution in [-0.4, -0.2) is 32.2 Å². The average Bonchev–Trinajstić information content (AvgIpc) is 3.04. The molecule has 1 unspecified atom stereocenters. The molecule has 120 valence electrons. The van der Waals surface area contributed by atoms with Crippen LogP contribution in [0.1, 0.15) is 16.8 Å². The van der Waals surface area contributed by atoms with Gasteiger partial charge in [-0.15, -0.1) is 0 Å². The minimum Gasteiger partial charge on any atom is -0.380 e. The molecule has 1 aliphatic rings. The zero-order chi connectivity index (χ0) is 16.2. The molecule has 0 aromatic heterocycles. The van der Waals surface area contributed by atoms with Gasteiger partial charge in [0.05, 0.1) is 6.10 Å². The molecular weight excluding hydrogens is 403 g/mol. The van der Waals surface area contributed by atoms with E-state index in [1.54, 1.807) is 7.11 Å². The average molecular weight is 422 g/mol. The smallest absolute Gasteiger partial charge is 0.255 e. The van der Waals surface area contributed by atoms with E-state index < -0.39 is 0 Å². The summed E-state index contributed by atoms with van der Waals surface area (Å²) in [6.07, 6.45) is 1.37. The first kappa shape index (κ1) is 16.3. The molecular formula is C18H19IN2O2. The number of hydrogen-bond donors (Lipinski definition) is 1. The lowest BCUT2D eigenvalue weighted by molar-refractivity contribution is 0.102. The first-order valence-corrected chi connectivity index (χ1v) is 8.68. The number of rotatable bonds is 4. The SMILES string of the molecule is COC1CCN(c2ccc(NC(=O)c3cccc(I)c3)cc2)C1. The molecule has 23 heavy (non-hydrogen) atoms. The first-order chi connectivity index (χ1) is 11.2. The van der Waals surface area contributed by atoms with Crippen molar-refractivity contribution in [2.75, 3.05) is 30.4 Å². The molecule has 1 amide bonds. The topological polar surface area (TPSA) is 41.6 Å². The Morgan fingerprint density at radius 1 is 1.26 bits per heavy atom. The Bertz CT molecular complexity index is 688. The van der Waals surface area contributed by atoms with Crippen LogP contribution in [0.2, 0.25) is 0 Å². The Kier molecular flexibility index (Phi) is 5.17. The van der Waals surface area contributed by atoms with Crippen molar-refractivity contribution >= 4 is 39.9 Å². The van der Waals surface area contributed by atoms with E-state index >= 15 is 0 Å². The molecule has 0 bridgehead atoms. The highest BCUT2D eigenvalue weighted by atomic mass is 127. The second kappa shape index (κ2) is 7.31. The summed E-state index contributed by atoms with van der Waals surface area (Å²) >= 11 is 2.20. The zero-order valence-corrected chi connectivity index (χ0v) is 15.1. The Morgan fingerprint density at radius 2 is 2.04 bits per heavy atom. The van der Waals surface area contributed by atoms with Crippen LogP contribution >= 0.6 is 22.6 Å². The van der Waals surface area contributed by atoms with E-state index in [-0.39, 0.29) is 5.91 Å². The summed E-state index contributed by atoms with van der Waals surface area (Å²) in [4.78, 5) is 14.6. The van der Waals surface area contributed by atoms with Crippen LogP contribution in [0, 0.1) is 3.57 Å². The van der Waals surface area contributed by atoms with Crippen molar-refractivity contribution in [1.29, 1.82) is 0 Å². The highest BCUT2D eigenvalue weighted by Gasteiger charge is 2.22. The molecule has 0 saturated carbocycles. The fourth-order valence-electron chi connectivity index (χ4n) is 2.74. The van der Waals surface area contributed by atoms with Crippen LogP contribution in [0.3, 0.4) is 0 Å². The van der Waals surface area contributed by atoms with Crippen molar-refractivity contribution in [2.45, 2.75) is 12.5 Å². The Labute approximate surface area is 150 Å². The van der Waals surface area contributed by atoms with Gasteiger partial charge in [0.25, 0.3) is 5.91 Å². The van der Waals surface area contributed by atoms with Gasteiger partial charge in [-0.1, -0.05) is 6.07 Å². The van der Waals surface area contributed by atoms with Crippen molar-refractivity contribution in [3.05, 3.63) is 57.7 Å². The number of amides is 1. The summed E-state index contributed by atoms with van der Waals surface area (Å²) < 4.78 is 6.45. The van der Waals surface area contributed by atoms with Gasteiger partial charge in [0.2, 0.25) is 0 Å². The van der Waals surface area contributed by atoms with Gasteiger partial charge in [0.15, 0.2) is 0 Å². The molecule has 1 atom stereocenters. The number of nitrogens with one attached hydrogen (secondary N) is 1. The van der Waals surface area contributed by atoms with E-state index in [9.17, 15) is 4.79 Å². The van der Waals surface area contributed by atoms with Gasteiger partial charge in [0, 0.05) is 40.7 Å². The summed E-state index contributed by atoms with van der Waals surface area (Å²) in [6, 6.07) is 15.5. The van der Waals surface area contributed by atoms with Gasteiger partial charge in [-0.25, -0.2) is 0 Å². The lowest BCUT2D eigenvalue weighted by atomic mass is 10.2. The van der Waals surface area contributed by atoms with Crippen LogP contribution in [-0.2, 0) is 4.74 Å². The fraction of sp³-hybridized carbons (Fsp3) is 0.278. The summed E-state index contributed by atoms with van der Waals surface area (Å²) in [5.74, 6) is -0.0862. The summed E-state index contributed by atoms with van der Waals surface area (Å²) in [5, 5.41) is 2.94.